The summed E-state index contributed by atoms with van der Waals surface area (Å²) >= 11 is 1.90. The largest absolute Gasteiger partial charge is 0.316 e. The predicted molar refractivity (Wildman–Crippen MR) is 82.7 cm³/mol. The molecule has 2 aromatic rings. The van der Waals surface area contributed by atoms with Gasteiger partial charge in [0, 0.05) is 35.0 Å². The topological polar surface area (TPSA) is 24.9 Å². The van der Waals surface area contributed by atoms with Gasteiger partial charge >= 0.3 is 0 Å². The van der Waals surface area contributed by atoms with Crippen LogP contribution in [0, 0.1) is 6.92 Å². The molecule has 3 heteroatoms. The van der Waals surface area contributed by atoms with Crippen molar-refractivity contribution in [1.29, 1.82) is 0 Å². The van der Waals surface area contributed by atoms with Crippen LogP contribution >= 0.6 is 11.8 Å². The normalized spacial score (nSPS) is 12.3. The lowest BCUT2D eigenvalue weighted by Gasteiger charge is -2.15. The van der Waals surface area contributed by atoms with Gasteiger partial charge in [-0.15, -0.1) is 11.8 Å². The third kappa shape index (κ3) is 4.69. The van der Waals surface area contributed by atoms with Crippen molar-refractivity contribution in [3.05, 3.63) is 59.9 Å². The number of nitrogens with one attached hydrogen (secondary N) is 1. The Hall–Kier alpha value is -1.32. The van der Waals surface area contributed by atoms with E-state index in [0.29, 0.717) is 6.04 Å². The van der Waals surface area contributed by atoms with Gasteiger partial charge < -0.3 is 5.32 Å². The molecule has 0 saturated carbocycles. The molecule has 1 heterocycles. The molecule has 100 valence electrons. The Morgan fingerprint density at radius 1 is 1.21 bits per heavy atom. The van der Waals surface area contributed by atoms with Crippen molar-refractivity contribution >= 4 is 11.8 Å². The Kier molecular flexibility index (Phi) is 5.43. The molecule has 0 bridgehead atoms. The summed E-state index contributed by atoms with van der Waals surface area (Å²) < 4.78 is 0. The Bertz CT molecular complexity index is 499. The highest BCUT2D eigenvalue weighted by Crippen LogP contribution is 2.20. The van der Waals surface area contributed by atoms with E-state index in [1.165, 1.54) is 10.5 Å². The van der Waals surface area contributed by atoms with Gasteiger partial charge in [0.25, 0.3) is 0 Å². The highest BCUT2D eigenvalue weighted by atomic mass is 32.2. The maximum atomic E-state index is 4.39. The molecule has 2 rings (SSSR count). The van der Waals surface area contributed by atoms with Crippen LogP contribution in [-0.4, -0.2) is 23.8 Å². The first-order valence-electron chi connectivity index (χ1n) is 6.54. The van der Waals surface area contributed by atoms with E-state index in [9.17, 15) is 0 Å². The number of pyridine rings is 1. The summed E-state index contributed by atoms with van der Waals surface area (Å²) in [7, 11) is 2.02. The van der Waals surface area contributed by atoms with Crippen LogP contribution in [0.1, 0.15) is 11.3 Å². The second-order valence-electron chi connectivity index (χ2n) is 4.64. The van der Waals surface area contributed by atoms with Gasteiger partial charge in [-0.25, -0.2) is 0 Å². The molecule has 0 fully saturated rings. The molecular formula is C16H20N2S. The Morgan fingerprint density at radius 2 is 2.11 bits per heavy atom. The molecule has 19 heavy (non-hydrogen) atoms. The number of nitrogens with zero attached hydrogens (tertiary/aromatic N) is 1. The van der Waals surface area contributed by atoms with E-state index in [4.69, 9.17) is 0 Å². The predicted octanol–water partition coefficient (Wildman–Crippen LogP) is 3.31. The van der Waals surface area contributed by atoms with Crippen molar-refractivity contribution in [2.45, 2.75) is 24.3 Å². The number of benzene rings is 1. The zero-order valence-electron chi connectivity index (χ0n) is 11.5. The summed E-state index contributed by atoms with van der Waals surface area (Å²) in [4.78, 5) is 5.72. The zero-order valence-corrected chi connectivity index (χ0v) is 12.3. The molecule has 0 aliphatic carbocycles. The molecule has 0 amide bonds. The Balaban J connectivity index is 1.89. The van der Waals surface area contributed by atoms with E-state index in [-0.39, 0.29) is 0 Å². The first-order valence-corrected chi connectivity index (χ1v) is 7.53. The number of rotatable bonds is 6. The minimum Gasteiger partial charge on any atom is -0.316 e. The van der Waals surface area contributed by atoms with E-state index in [2.05, 4.69) is 47.6 Å². The Morgan fingerprint density at radius 3 is 2.79 bits per heavy atom. The molecule has 1 aromatic carbocycles. The first-order chi connectivity index (χ1) is 9.28. The van der Waals surface area contributed by atoms with E-state index in [1.807, 2.05) is 37.1 Å². The summed E-state index contributed by atoms with van der Waals surface area (Å²) in [5, 5.41) is 3.37. The lowest BCUT2D eigenvalue weighted by Crippen LogP contribution is -2.30. The maximum Gasteiger partial charge on any atom is 0.0419 e. The van der Waals surface area contributed by atoms with Gasteiger partial charge in [0.15, 0.2) is 0 Å². The molecule has 1 N–H and O–H groups in total. The fourth-order valence-corrected chi connectivity index (χ4v) is 3.04. The van der Waals surface area contributed by atoms with Crippen LogP contribution in [0.25, 0.3) is 0 Å². The quantitative estimate of drug-likeness (QED) is 0.817. The number of likely N-dealkylation sites (N-methyl/N-ethyl adjacent to an activating group) is 1. The number of aryl methyl sites for hydroxylation is 1. The number of thioether (sulfide) groups is 1. The molecule has 1 atom stereocenters. The van der Waals surface area contributed by atoms with Crippen molar-refractivity contribution in [1.82, 2.24) is 10.3 Å². The van der Waals surface area contributed by atoms with E-state index < -0.39 is 0 Å². The molecule has 1 unspecified atom stereocenters. The van der Waals surface area contributed by atoms with E-state index in [1.54, 1.807) is 0 Å². The lowest BCUT2D eigenvalue weighted by molar-refractivity contribution is 0.609. The smallest absolute Gasteiger partial charge is 0.0419 e. The third-order valence-corrected chi connectivity index (χ3v) is 4.19. The average molecular weight is 272 g/mol. The molecule has 0 aliphatic rings. The van der Waals surface area contributed by atoms with Crippen LogP contribution in [-0.2, 0) is 6.42 Å². The zero-order chi connectivity index (χ0) is 13.5. The fraction of sp³-hybridized carbons (Fsp3) is 0.312. The molecule has 0 radical (unpaired) electrons. The van der Waals surface area contributed by atoms with E-state index in [0.717, 1.165) is 17.9 Å². The highest BCUT2D eigenvalue weighted by Gasteiger charge is 2.08. The first kappa shape index (κ1) is 14.1. The van der Waals surface area contributed by atoms with Gasteiger partial charge in [0.2, 0.25) is 0 Å². The van der Waals surface area contributed by atoms with Crippen molar-refractivity contribution in [3.8, 4) is 0 Å². The summed E-state index contributed by atoms with van der Waals surface area (Å²) in [6.07, 6.45) is 2.83. The molecule has 0 spiro atoms. The van der Waals surface area contributed by atoms with Gasteiger partial charge in [0.1, 0.15) is 0 Å². The molecular weight excluding hydrogens is 252 g/mol. The fourth-order valence-electron chi connectivity index (χ4n) is 1.92. The van der Waals surface area contributed by atoms with Gasteiger partial charge in [-0.3, -0.25) is 4.98 Å². The minimum absolute atomic E-state index is 0.445. The standard InChI is InChI=1S/C16H20N2S/c1-13-6-5-8-16(10-13)19-12-15(17-2)11-14-7-3-4-9-18-14/h3-10,15,17H,11-12H2,1-2H3. The third-order valence-electron chi connectivity index (χ3n) is 3.03. The monoisotopic (exact) mass is 272 g/mol. The van der Waals surface area contributed by atoms with Crippen molar-refractivity contribution in [2.24, 2.45) is 0 Å². The second-order valence-corrected chi connectivity index (χ2v) is 5.73. The molecule has 0 saturated heterocycles. The molecule has 1 aromatic heterocycles. The summed E-state index contributed by atoms with van der Waals surface area (Å²) in [5.41, 5.74) is 2.46. The molecule has 2 nitrogen and oxygen atoms in total. The summed E-state index contributed by atoms with van der Waals surface area (Å²) in [6, 6.07) is 15.2. The minimum atomic E-state index is 0.445. The number of aromatic nitrogens is 1. The highest BCUT2D eigenvalue weighted by molar-refractivity contribution is 7.99. The maximum absolute atomic E-state index is 4.39. The van der Waals surface area contributed by atoms with Crippen molar-refractivity contribution < 1.29 is 0 Å². The van der Waals surface area contributed by atoms with Crippen LogP contribution in [0.3, 0.4) is 0 Å². The number of hydrogen-bond acceptors (Lipinski definition) is 3. The second kappa shape index (κ2) is 7.31. The Labute approximate surface area is 119 Å². The van der Waals surface area contributed by atoms with Crippen LogP contribution in [0.2, 0.25) is 0 Å². The van der Waals surface area contributed by atoms with Crippen LogP contribution in [0.15, 0.2) is 53.6 Å². The van der Waals surface area contributed by atoms with Gasteiger partial charge in [-0.2, -0.15) is 0 Å². The van der Waals surface area contributed by atoms with Gasteiger partial charge in [-0.05, 0) is 38.2 Å². The van der Waals surface area contributed by atoms with Crippen LogP contribution < -0.4 is 5.32 Å². The number of hydrogen-bond donors (Lipinski definition) is 1. The SMILES string of the molecule is CNC(CSc1cccc(C)c1)Cc1ccccn1. The van der Waals surface area contributed by atoms with Crippen molar-refractivity contribution in [2.75, 3.05) is 12.8 Å². The van der Waals surface area contributed by atoms with Gasteiger partial charge in [-0.1, -0.05) is 23.8 Å². The van der Waals surface area contributed by atoms with E-state index >= 15 is 0 Å². The van der Waals surface area contributed by atoms with Gasteiger partial charge in [0.05, 0.1) is 0 Å². The summed E-state index contributed by atoms with van der Waals surface area (Å²) in [6.45, 7) is 2.13. The molecule has 0 aliphatic heterocycles. The lowest BCUT2D eigenvalue weighted by atomic mass is 10.2. The van der Waals surface area contributed by atoms with Crippen LogP contribution in [0.4, 0.5) is 0 Å². The summed E-state index contributed by atoms with van der Waals surface area (Å²) in [5.74, 6) is 1.05. The van der Waals surface area contributed by atoms with Crippen LogP contribution in [0.5, 0.6) is 0 Å². The average Bonchev–Trinajstić information content (AvgIpc) is 2.44. The van der Waals surface area contributed by atoms with Crippen molar-refractivity contribution in [3.63, 3.8) is 0 Å².